The molecule has 14 heavy (non-hydrogen) atoms. The monoisotopic (exact) mass is 195 g/mol. The Hall–Kier alpha value is -0.890. The molecule has 0 radical (unpaired) electrons. The Labute approximate surface area is 85.1 Å². The fourth-order valence-corrected chi connectivity index (χ4v) is 1.45. The van der Waals surface area contributed by atoms with Crippen LogP contribution in [0.1, 0.15) is 31.7 Å². The topological polar surface area (TPSA) is 26.0 Å². The largest absolute Gasteiger partial charge is 0.328 e. The van der Waals surface area contributed by atoms with E-state index in [9.17, 15) is 4.39 Å². The molecule has 1 rings (SSSR count). The number of halogens is 1. The fraction of sp³-hybridized carbons (Fsp3) is 0.500. The van der Waals surface area contributed by atoms with Gasteiger partial charge in [-0.15, -0.1) is 0 Å². The van der Waals surface area contributed by atoms with Gasteiger partial charge < -0.3 is 5.73 Å². The molecule has 0 fully saturated rings. The van der Waals surface area contributed by atoms with E-state index in [2.05, 4.69) is 0 Å². The van der Waals surface area contributed by atoms with Crippen LogP contribution in [0, 0.1) is 5.82 Å². The summed E-state index contributed by atoms with van der Waals surface area (Å²) in [4.78, 5) is 0. The maximum absolute atomic E-state index is 12.6. The summed E-state index contributed by atoms with van der Waals surface area (Å²) in [6.07, 6.45) is 4.37. The molecule has 1 atom stereocenters. The standard InChI is InChI=1S/C12H18FN/c1-10(14)4-2-3-5-11-6-8-12(13)9-7-11/h6-10H,2-5,14H2,1H3/t10-/m0/s1. The van der Waals surface area contributed by atoms with Crippen molar-refractivity contribution in [2.24, 2.45) is 5.73 Å². The molecular formula is C12H18FN. The minimum Gasteiger partial charge on any atom is -0.328 e. The molecule has 0 saturated heterocycles. The molecule has 1 aromatic carbocycles. The molecule has 0 aliphatic heterocycles. The molecule has 0 aliphatic carbocycles. The Morgan fingerprint density at radius 1 is 1.21 bits per heavy atom. The van der Waals surface area contributed by atoms with Crippen LogP contribution in [0.25, 0.3) is 0 Å². The van der Waals surface area contributed by atoms with E-state index in [0.717, 1.165) is 25.7 Å². The Morgan fingerprint density at radius 3 is 2.43 bits per heavy atom. The predicted octanol–water partition coefficient (Wildman–Crippen LogP) is 2.89. The molecule has 2 N–H and O–H groups in total. The summed E-state index contributed by atoms with van der Waals surface area (Å²) >= 11 is 0. The van der Waals surface area contributed by atoms with Crippen LogP contribution in [-0.4, -0.2) is 6.04 Å². The molecule has 1 nitrogen and oxygen atoms in total. The lowest BCUT2D eigenvalue weighted by atomic mass is 10.1. The third-order valence-electron chi connectivity index (χ3n) is 2.29. The second kappa shape index (κ2) is 5.76. The van der Waals surface area contributed by atoms with Crippen LogP contribution in [0.2, 0.25) is 0 Å². The third-order valence-corrected chi connectivity index (χ3v) is 2.29. The highest BCUT2D eigenvalue weighted by atomic mass is 19.1. The second-order valence-electron chi connectivity index (χ2n) is 3.85. The SMILES string of the molecule is C[C@H](N)CCCCc1ccc(F)cc1. The van der Waals surface area contributed by atoms with Crippen molar-refractivity contribution in [3.05, 3.63) is 35.6 Å². The van der Waals surface area contributed by atoms with Gasteiger partial charge in [-0.1, -0.05) is 18.6 Å². The highest BCUT2D eigenvalue weighted by Gasteiger charge is 1.96. The minimum absolute atomic E-state index is 0.163. The van der Waals surface area contributed by atoms with Crippen molar-refractivity contribution in [1.29, 1.82) is 0 Å². The van der Waals surface area contributed by atoms with Gasteiger partial charge in [-0.2, -0.15) is 0 Å². The van der Waals surface area contributed by atoms with Crippen LogP contribution in [0.5, 0.6) is 0 Å². The van der Waals surface area contributed by atoms with Gasteiger partial charge in [-0.3, -0.25) is 0 Å². The lowest BCUT2D eigenvalue weighted by Crippen LogP contribution is -2.14. The van der Waals surface area contributed by atoms with E-state index >= 15 is 0 Å². The summed E-state index contributed by atoms with van der Waals surface area (Å²) in [7, 11) is 0. The molecule has 2 heteroatoms. The van der Waals surface area contributed by atoms with Crippen molar-refractivity contribution in [3.8, 4) is 0 Å². The van der Waals surface area contributed by atoms with Crippen LogP contribution in [0.4, 0.5) is 4.39 Å². The lowest BCUT2D eigenvalue weighted by Gasteiger charge is -2.04. The number of hydrogen-bond donors (Lipinski definition) is 1. The van der Waals surface area contributed by atoms with Gasteiger partial charge in [0.15, 0.2) is 0 Å². The first-order valence-electron chi connectivity index (χ1n) is 5.18. The average Bonchev–Trinajstić information content (AvgIpc) is 2.15. The summed E-state index contributed by atoms with van der Waals surface area (Å²) in [5, 5.41) is 0. The molecule has 0 amide bonds. The molecule has 0 bridgehead atoms. The van der Waals surface area contributed by atoms with Gasteiger partial charge in [0, 0.05) is 6.04 Å². The second-order valence-corrected chi connectivity index (χ2v) is 3.85. The summed E-state index contributed by atoms with van der Waals surface area (Å²) in [6, 6.07) is 7.02. The summed E-state index contributed by atoms with van der Waals surface area (Å²) < 4.78 is 12.6. The van der Waals surface area contributed by atoms with Gasteiger partial charge in [0.25, 0.3) is 0 Å². The smallest absolute Gasteiger partial charge is 0.123 e. The van der Waals surface area contributed by atoms with Crippen molar-refractivity contribution in [2.75, 3.05) is 0 Å². The number of nitrogens with two attached hydrogens (primary N) is 1. The third kappa shape index (κ3) is 4.38. The van der Waals surface area contributed by atoms with Gasteiger partial charge in [-0.25, -0.2) is 4.39 Å². The zero-order valence-corrected chi connectivity index (χ0v) is 8.67. The van der Waals surface area contributed by atoms with Crippen LogP contribution in [-0.2, 0) is 6.42 Å². The van der Waals surface area contributed by atoms with E-state index in [4.69, 9.17) is 5.73 Å². The summed E-state index contributed by atoms with van der Waals surface area (Å²) in [5.41, 5.74) is 6.85. The minimum atomic E-state index is -0.163. The van der Waals surface area contributed by atoms with Crippen LogP contribution in [0.15, 0.2) is 24.3 Å². The number of rotatable bonds is 5. The van der Waals surface area contributed by atoms with E-state index in [1.807, 2.05) is 19.1 Å². The van der Waals surface area contributed by atoms with Crippen molar-refractivity contribution < 1.29 is 4.39 Å². The first-order chi connectivity index (χ1) is 6.68. The van der Waals surface area contributed by atoms with E-state index in [-0.39, 0.29) is 5.82 Å². The number of benzene rings is 1. The van der Waals surface area contributed by atoms with E-state index < -0.39 is 0 Å². The first-order valence-corrected chi connectivity index (χ1v) is 5.18. The maximum atomic E-state index is 12.6. The van der Waals surface area contributed by atoms with Crippen molar-refractivity contribution in [2.45, 2.75) is 38.6 Å². The molecule has 0 aliphatic rings. The van der Waals surface area contributed by atoms with Crippen LogP contribution < -0.4 is 5.73 Å². The Bertz CT molecular complexity index is 254. The van der Waals surface area contributed by atoms with E-state index in [0.29, 0.717) is 6.04 Å². The van der Waals surface area contributed by atoms with Crippen molar-refractivity contribution in [1.82, 2.24) is 0 Å². The molecule has 0 aromatic heterocycles. The van der Waals surface area contributed by atoms with Gasteiger partial charge in [0.05, 0.1) is 0 Å². The highest BCUT2D eigenvalue weighted by molar-refractivity contribution is 5.15. The summed E-state index contributed by atoms with van der Waals surface area (Å²) in [5.74, 6) is -0.163. The first kappa shape index (κ1) is 11.2. The molecule has 0 heterocycles. The number of unbranched alkanes of at least 4 members (excludes halogenated alkanes) is 1. The van der Waals surface area contributed by atoms with E-state index in [1.54, 1.807) is 0 Å². The molecule has 78 valence electrons. The number of aryl methyl sites for hydroxylation is 1. The molecule has 0 spiro atoms. The van der Waals surface area contributed by atoms with Gasteiger partial charge >= 0.3 is 0 Å². The molecule has 1 aromatic rings. The van der Waals surface area contributed by atoms with Crippen molar-refractivity contribution in [3.63, 3.8) is 0 Å². The normalized spacial score (nSPS) is 12.8. The molecule has 0 unspecified atom stereocenters. The zero-order valence-electron chi connectivity index (χ0n) is 8.67. The highest BCUT2D eigenvalue weighted by Crippen LogP contribution is 2.08. The Kier molecular flexibility index (Phi) is 4.60. The molecule has 0 saturated carbocycles. The summed E-state index contributed by atoms with van der Waals surface area (Å²) in [6.45, 7) is 2.03. The van der Waals surface area contributed by atoms with Gasteiger partial charge in [0.2, 0.25) is 0 Å². The lowest BCUT2D eigenvalue weighted by molar-refractivity contribution is 0.596. The zero-order chi connectivity index (χ0) is 10.4. The van der Waals surface area contributed by atoms with Crippen LogP contribution in [0.3, 0.4) is 0 Å². The van der Waals surface area contributed by atoms with Crippen molar-refractivity contribution >= 4 is 0 Å². The Balaban J connectivity index is 2.21. The maximum Gasteiger partial charge on any atom is 0.123 e. The van der Waals surface area contributed by atoms with Gasteiger partial charge in [-0.05, 0) is 43.9 Å². The molecular weight excluding hydrogens is 177 g/mol. The fourth-order valence-electron chi connectivity index (χ4n) is 1.45. The Morgan fingerprint density at radius 2 is 1.86 bits per heavy atom. The van der Waals surface area contributed by atoms with Crippen LogP contribution >= 0.6 is 0 Å². The average molecular weight is 195 g/mol. The quantitative estimate of drug-likeness (QED) is 0.718. The predicted molar refractivity (Wildman–Crippen MR) is 57.6 cm³/mol. The number of hydrogen-bond acceptors (Lipinski definition) is 1. The van der Waals surface area contributed by atoms with E-state index in [1.165, 1.54) is 17.7 Å². The van der Waals surface area contributed by atoms with Gasteiger partial charge in [0.1, 0.15) is 5.82 Å².